The monoisotopic (exact) mass is 373 g/mol. The van der Waals surface area contributed by atoms with Crippen LogP contribution in [0.1, 0.15) is 47.9 Å². The van der Waals surface area contributed by atoms with Crippen LogP contribution in [0.5, 0.6) is 0 Å². The zero-order valence-corrected chi connectivity index (χ0v) is 14.1. The highest BCUT2D eigenvalue weighted by molar-refractivity contribution is 6.25. The van der Waals surface area contributed by atoms with E-state index in [1.54, 1.807) is 6.92 Å². The Morgan fingerprint density at radius 2 is 1.85 bits per heavy atom. The van der Waals surface area contributed by atoms with Gasteiger partial charge in [-0.15, -0.1) is 0 Å². The van der Waals surface area contributed by atoms with Crippen molar-refractivity contribution in [2.45, 2.75) is 39.0 Å². The van der Waals surface area contributed by atoms with Gasteiger partial charge in [0, 0.05) is 25.0 Å². The summed E-state index contributed by atoms with van der Waals surface area (Å²) in [5, 5.41) is 0. The molecule has 1 aromatic heterocycles. The summed E-state index contributed by atoms with van der Waals surface area (Å²) in [6.45, 7) is 1.44. The SMILES string of the molecule is CCOCOCc1nc(C(F)(F)F)ccc1C(=O)C1C(=O)CCCC1=O. The van der Waals surface area contributed by atoms with Crippen molar-refractivity contribution in [2.24, 2.45) is 5.92 Å². The Morgan fingerprint density at radius 1 is 1.19 bits per heavy atom. The second kappa shape index (κ2) is 8.50. The molecule has 1 aromatic rings. The molecular weight excluding hydrogens is 355 g/mol. The molecule has 1 aliphatic carbocycles. The minimum atomic E-state index is -4.70. The standard InChI is InChI=1S/C17H18F3NO5/c1-2-25-9-26-8-11-10(6-7-14(21-11)17(18,19)20)16(24)15-12(22)4-3-5-13(15)23/h6-7,15H,2-5,8-9H2,1H3. The first-order valence-electron chi connectivity index (χ1n) is 8.08. The molecule has 6 nitrogen and oxygen atoms in total. The molecule has 0 radical (unpaired) electrons. The van der Waals surface area contributed by atoms with Crippen molar-refractivity contribution >= 4 is 17.3 Å². The Morgan fingerprint density at radius 3 is 2.42 bits per heavy atom. The Kier molecular flexibility index (Phi) is 6.60. The first-order valence-corrected chi connectivity index (χ1v) is 8.08. The molecule has 1 saturated carbocycles. The Balaban J connectivity index is 2.34. The van der Waals surface area contributed by atoms with Crippen molar-refractivity contribution < 1.29 is 37.0 Å². The molecule has 1 aliphatic rings. The lowest BCUT2D eigenvalue weighted by atomic mass is 9.81. The lowest BCUT2D eigenvalue weighted by Crippen LogP contribution is -2.36. The summed E-state index contributed by atoms with van der Waals surface area (Å²) in [6, 6.07) is 1.59. The van der Waals surface area contributed by atoms with Crippen LogP contribution in [0, 0.1) is 5.92 Å². The number of nitrogens with zero attached hydrogens (tertiary/aromatic N) is 1. The van der Waals surface area contributed by atoms with Gasteiger partial charge in [0.05, 0.1) is 12.3 Å². The van der Waals surface area contributed by atoms with Gasteiger partial charge in [-0.05, 0) is 25.5 Å². The average Bonchev–Trinajstić information content (AvgIpc) is 2.57. The summed E-state index contributed by atoms with van der Waals surface area (Å²) >= 11 is 0. The minimum Gasteiger partial charge on any atom is -0.356 e. The minimum absolute atomic E-state index is 0.0897. The Hall–Kier alpha value is -2.13. The maximum absolute atomic E-state index is 12.9. The Bertz CT molecular complexity index is 686. The zero-order valence-electron chi connectivity index (χ0n) is 14.1. The van der Waals surface area contributed by atoms with E-state index in [0.717, 1.165) is 6.07 Å². The highest BCUT2D eigenvalue weighted by atomic mass is 19.4. The van der Waals surface area contributed by atoms with Crippen LogP contribution in [-0.2, 0) is 31.8 Å². The molecule has 142 valence electrons. The van der Waals surface area contributed by atoms with E-state index in [4.69, 9.17) is 9.47 Å². The van der Waals surface area contributed by atoms with Crippen LogP contribution in [0.2, 0.25) is 0 Å². The van der Waals surface area contributed by atoms with Crippen molar-refractivity contribution in [1.82, 2.24) is 4.98 Å². The molecule has 0 spiro atoms. The maximum atomic E-state index is 12.9. The number of carbonyl (C=O) groups excluding carboxylic acids is 3. The third-order valence-electron chi connectivity index (χ3n) is 3.89. The van der Waals surface area contributed by atoms with Crippen molar-refractivity contribution in [2.75, 3.05) is 13.4 Å². The molecule has 0 atom stereocenters. The molecule has 0 amide bonds. The average molecular weight is 373 g/mol. The highest BCUT2D eigenvalue weighted by Crippen LogP contribution is 2.30. The van der Waals surface area contributed by atoms with Crippen LogP contribution in [0.3, 0.4) is 0 Å². The quantitative estimate of drug-likeness (QED) is 0.316. The fourth-order valence-corrected chi connectivity index (χ4v) is 2.63. The predicted octanol–water partition coefficient (Wildman–Crippen LogP) is 2.73. The third-order valence-corrected chi connectivity index (χ3v) is 3.89. The van der Waals surface area contributed by atoms with E-state index in [2.05, 4.69) is 4.98 Å². The van der Waals surface area contributed by atoms with Gasteiger partial charge in [-0.3, -0.25) is 14.4 Å². The molecule has 0 N–H and O–H groups in total. The van der Waals surface area contributed by atoms with Gasteiger partial charge in [-0.2, -0.15) is 13.2 Å². The van der Waals surface area contributed by atoms with Crippen molar-refractivity contribution in [1.29, 1.82) is 0 Å². The lowest BCUT2D eigenvalue weighted by molar-refractivity contribution is -0.141. The van der Waals surface area contributed by atoms with Gasteiger partial charge in [-0.25, -0.2) is 4.98 Å². The normalized spacial score (nSPS) is 16.2. The number of hydrogen-bond acceptors (Lipinski definition) is 6. The molecule has 0 bridgehead atoms. The fraction of sp³-hybridized carbons (Fsp3) is 0.529. The zero-order chi connectivity index (χ0) is 19.3. The van der Waals surface area contributed by atoms with Gasteiger partial charge in [0.25, 0.3) is 0 Å². The van der Waals surface area contributed by atoms with Crippen LogP contribution in [0.15, 0.2) is 12.1 Å². The summed E-state index contributed by atoms with van der Waals surface area (Å²) in [5.41, 5.74) is -1.69. The van der Waals surface area contributed by atoms with Gasteiger partial charge in [0.2, 0.25) is 0 Å². The van der Waals surface area contributed by atoms with E-state index in [1.807, 2.05) is 0 Å². The number of ether oxygens (including phenoxy) is 2. The van der Waals surface area contributed by atoms with Crippen LogP contribution < -0.4 is 0 Å². The van der Waals surface area contributed by atoms with Gasteiger partial charge in [0.15, 0.2) is 17.3 Å². The molecule has 1 fully saturated rings. The van der Waals surface area contributed by atoms with Gasteiger partial charge < -0.3 is 9.47 Å². The van der Waals surface area contributed by atoms with Crippen molar-refractivity contribution in [3.05, 3.63) is 29.1 Å². The van der Waals surface area contributed by atoms with Crippen LogP contribution in [0.4, 0.5) is 13.2 Å². The molecule has 0 aromatic carbocycles. The molecule has 26 heavy (non-hydrogen) atoms. The van der Waals surface area contributed by atoms with Gasteiger partial charge in [0.1, 0.15) is 18.4 Å². The predicted molar refractivity (Wildman–Crippen MR) is 82.2 cm³/mol. The van der Waals surface area contributed by atoms with E-state index >= 15 is 0 Å². The summed E-state index contributed by atoms with van der Waals surface area (Å²) < 4.78 is 48.7. The second-order valence-electron chi connectivity index (χ2n) is 5.73. The number of alkyl halides is 3. The summed E-state index contributed by atoms with van der Waals surface area (Å²) in [4.78, 5) is 40.0. The molecule has 9 heteroatoms. The van der Waals surface area contributed by atoms with E-state index in [-0.39, 0.29) is 30.9 Å². The summed E-state index contributed by atoms with van der Waals surface area (Å²) in [5.74, 6) is -3.36. The van der Waals surface area contributed by atoms with Gasteiger partial charge >= 0.3 is 6.18 Å². The Labute approximate surface area is 147 Å². The molecule has 0 saturated heterocycles. The van der Waals surface area contributed by atoms with E-state index in [1.165, 1.54) is 0 Å². The number of ketones is 3. The topological polar surface area (TPSA) is 82.6 Å². The second-order valence-corrected chi connectivity index (χ2v) is 5.73. The summed E-state index contributed by atoms with van der Waals surface area (Å²) in [7, 11) is 0. The van der Waals surface area contributed by atoms with Crippen LogP contribution >= 0.6 is 0 Å². The number of pyridine rings is 1. The molecular formula is C17H18F3NO5. The number of Topliss-reactive ketones (excluding diaryl/α,β-unsaturated/α-hetero) is 3. The van der Waals surface area contributed by atoms with Crippen LogP contribution in [0.25, 0.3) is 0 Å². The number of carbonyl (C=O) groups is 3. The molecule has 2 rings (SSSR count). The van der Waals surface area contributed by atoms with Crippen LogP contribution in [-0.4, -0.2) is 35.7 Å². The number of halogens is 3. The maximum Gasteiger partial charge on any atom is 0.433 e. The summed E-state index contributed by atoms with van der Waals surface area (Å²) in [6.07, 6.45) is -4.15. The van der Waals surface area contributed by atoms with E-state index in [0.29, 0.717) is 19.1 Å². The van der Waals surface area contributed by atoms with Crippen molar-refractivity contribution in [3.63, 3.8) is 0 Å². The lowest BCUT2D eigenvalue weighted by Gasteiger charge is -2.20. The van der Waals surface area contributed by atoms with Crippen molar-refractivity contribution in [3.8, 4) is 0 Å². The number of rotatable bonds is 7. The highest BCUT2D eigenvalue weighted by Gasteiger charge is 2.39. The molecule has 1 heterocycles. The first-order chi connectivity index (χ1) is 12.3. The van der Waals surface area contributed by atoms with E-state index in [9.17, 15) is 27.6 Å². The largest absolute Gasteiger partial charge is 0.433 e. The van der Waals surface area contributed by atoms with E-state index < -0.39 is 41.7 Å². The molecule has 0 aliphatic heterocycles. The fourth-order valence-electron chi connectivity index (χ4n) is 2.63. The first kappa shape index (κ1) is 20.2. The molecule has 0 unspecified atom stereocenters. The smallest absolute Gasteiger partial charge is 0.356 e. The third kappa shape index (κ3) is 4.73. The number of hydrogen-bond donors (Lipinski definition) is 0. The number of aromatic nitrogens is 1. The van der Waals surface area contributed by atoms with Gasteiger partial charge in [-0.1, -0.05) is 0 Å².